The molecule has 2 aliphatic carbocycles. The summed E-state index contributed by atoms with van der Waals surface area (Å²) in [6, 6.07) is 43.5. The van der Waals surface area contributed by atoms with E-state index in [-0.39, 0.29) is 5.41 Å². The molecule has 7 aromatic rings. The number of rotatable bonds is 6. The number of aromatic nitrogens is 1. The number of aryl methyl sites for hydroxylation is 1. The highest BCUT2D eigenvalue weighted by Gasteiger charge is 2.40. The van der Waals surface area contributed by atoms with Gasteiger partial charge in [-0.2, -0.15) is 0 Å². The van der Waals surface area contributed by atoms with Crippen molar-refractivity contribution >= 4 is 51.4 Å². The number of benzene rings is 6. The maximum atomic E-state index is 3.98. The minimum Gasteiger partial charge on any atom is -0.355 e. The lowest BCUT2D eigenvalue weighted by molar-refractivity contribution is 0.660. The van der Waals surface area contributed by atoms with Gasteiger partial charge in [-0.25, -0.2) is 0 Å². The van der Waals surface area contributed by atoms with Crippen molar-refractivity contribution in [2.45, 2.75) is 58.3 Å². The number of hydrogen-bond donors (Lipinski definition) is 1. The van der Waals surface area contributed by atoms with Crippen molar-refractivity contribution in [2.24, 2.45) is 5.92 Å². The van der Waals surface area contributed by atoms with Gasteiger partial charge in [-0.1, -0.05) is 124 Å². The Balaban J connectivity index is 1.28. The van der Waals surface area contributed by atoms with E-state index in [0.29, 0.717) is 5.92 Å². The van der Waals surface area contributed by atoms with Crippen LogP contribution in [0, 0.1) is 12.8 Å². The standard InChI is InChI=1S/C46H40BN2/c1-5-13-28-22-33(28)29-23-36(44-43(24-29)49-42-21-11-8-16-31(42)32-17-12-19-39(47-44)45(32)49)35-25-34-30-15-7-9-18-37(30)46(3,4)38(34)26-41(35)48-40-20-10-6-14-27(40)2/h6-12,14-21,23-26,28,33,48H,5,13,22H2,1-4H3. The summed E-state index contributed by atoms with van der Waals surface area (Å²) in [5.41, 5.74) is 19.5. The molecule has 237 valence electrons. The molecule has 2 atom stereocenters. The normalized spacial score (nSPS) is 17.8. The largest absolute Gasteiger partial charge is 0.355 e. The van der Waals surface area contributed by atoms with E-state index < -0.39 is 0 Å². The van der Waals surface area contributed by atoms with Gasteiger partial charge in [0.05, 0.1) is 5.52 Å². The lowest BCUT2D eigenvalue weighted by Crippen LogP contribution is -2.37. The molecule has 2 nitrogen and oxygen atoms in total. The molecule has 6 aromatic carbocycles. The molecule has 0 spiro atoms. The monoisotopic (exact) mass is 631 g/mol. The van der Waals surface area contributed by atoms with Gasteiger partial charge < -0.3 is 9.88 Å². The van der Waals surface area contributed by atoms with E-state index >= 15 is 0 Å². The van der Waals surface area contributed by atoms with Crippen molar-refractivity contribution in [3.8, 4) is 27.9 Å². The van der Waals surface area contributed by atoms with Crippen LogP contribution in [0.25, 0.3) is 49.7 Å². The minimum atomic E-state index is -0.0873. The van der Waals surface area contributed by atoms with Crippen LogP contribution in [0.1, 0.15) is 68.2 Å². The molecule has 49 heavy (non-hydrogen) atoms. The molecule has 3 aliphatic rings. The quantitative estimate of drug-likeness (QED) is 0.181. The maximum Gasteiger partial charge on any atom is 0.197 e. The molecule has 3 heteroatoms. The van der Waals surface area contributed by atoms with E-state index in [4.69, 9.17) is 0 Å². The van der Waals surface area contributed by atoms with E-state index in [2.05, 4.69) is 160 Å². The van der Waals surface area contributed by atoms with E-state index in [9.17, 15) is 0 Å². The third-order valence-electron chi connectivity index (χ3n) is 11.9. The average molecular weight is 632 g/mol. The molecule has 1 fully saturated rings. The first kappa shape index (κ1) is 28.9. The van der Waals surface area contributed by atoms with Gasteiger partial charge >= 0.3 is 0 Å². The summed E-state index contributed by atoms with van der Waals surface area (Å²) in [5, 5.41) is 6.63. The molecule has 0 bridgehead atoms. The molecule has 1 N–H and O–H groups in total. The lowest BCUT2D eigenvalue weighted by atomic mass is 9.58. The second-order valence-electron chi connectivity index (χ2n) is 15.2. The molecule has 0 amide bonds. The highest BCUT2D eigenvalue weighted by atomic mass is 15.0. The van der Waals surface area contributed by atoms with E-state index in [1.165, 1.54) is 108 Å². The summed E-state index contributed by atoms with van der Waals surface area (Å²) in [6.45, 7) is 9.29. The van der Waals surface area contributed by atoms with Gasteiger partial charge in [0.15, 0.2) is 7.28 Å². The number of fused-ring (bicyclic) bond motifs is 8. The number of anilines is 2. The summed E-state index contributed by atoms with van der Waals surface area (Å²) in [7, 11) is 2.47. The van der Waals surface area contributed by atoms with E-state index in [1.54, 1.807) is 0 Å². The maximum absolute atomic E-state index is 3.98. The number of hydrogen-bond acceptors (Lipinski definition) is 1. The zero-order valence-electron chi connectivity index (χ0n) is 28.8. The van der Waals surface area contributed by atoms with Crippen LogP contribution in [0.3, 0.4) is 0 Å². The van der Waals surface area contributed by atoms with Crippen molar-refractivity contribution in [3.05, 3.63) is 138 Å². The molecular weight excluding hydrogens is 591 g/mol. The molecule has 2 heterocycles. The smallest absolute Gasteiger partial charge is 0.197 e. The number of nitrogens with one attached hydrogen (secondary N) is 1. The highest BCUT2D eigenvalue weighted by molar-refractivity contribution is 6.73. The van der Waals surface area contributed by atoms with Crippen LogP contribution < -0.4 is 16.2 Å². The van der Waals surface area contributed by atoms with Crippen LogP contribution in [-0.4, -0.2) is 11.8 Å². The molecule has 1 saturated carbocycles. The van der Waals surface area contributed by atoms with E-state index in [0.717, 1.165) is 11.6 Å². The van der Waals surface area contributed by atoms with Gasteiger partial charge in [0.1, 0.15) is 0 Å². The van der Waals surface area contributed by atoms with Crippen LogP contribution in [0.2, 0.25) is 0 Å². The summed E-state index contributed by atoms with van der Waals surface area (Å²) >= 11 is 0. The fraction of sp³-hybridized carbons (Fsp3) is 0.217. The van der Waals surface area contributed by atoms with Gasteiger partial charge in [0.2, 0.25) is 0 Å². The Kier molecular flexibility index (Phi) is 6.20. The van der Waals surface area contributed by atoms with Crippen molar-refractivity contribution in [2.75, 3.05) is 5.32 Å². The summed E-state index contributed by atoms with van der Waals surface area (Å²) < 4.78 is 2.57. The zero-order valence-corrected chi connectivity index (χ0v) is 28.8. The average Bonchev–Trinajstić information content (AvgIpc) is 3.76. The fourth-order valence-corrected chi connectivity index (χ4v) is 9.28. The summed E-state index contributed by atoms with van der Waals surface area (Å²) in [5.74, 6) is 1.38. The number of para-hydroxylation sites is 3. The van der Waals surface area contributed by atoms with Gasteiger partial charge in [-0.3, -0.25) is 0 Å². The van der Waals surface area contributed by atoms with Gasteiger partial charge in [0.25, 0.3) is 0 Å². The first-order valence-electron chi connectivity index (χ1n) is 18.1. The van der Waals surface area contributed by atoms with Gasteiger partial charge in [0, 0.05) is 44.3 Å². The van der Waals surface area contributed by atoms with Crippen molar-refractivity contribution < 1.29 is 0 Å². The van der Waals surface area contributed by atoms with Gasteiger partial charge in [-0.15, -0.1) is 0 Å². The first-order chi connectivity index (χ1) is 23.9. The Labute approximate surface area is 290 Å². The first-order valence-corrected chi connectivity index (χ1v) is 18.1. The van der Waals surface area contributed by atoms with Crippen molar-refractivity contribution in [1.82, 2.24) is 4.57 Å². The SMILES string of the molecule is CCCC1CC1c1cc(-c2cc3c(cc2Nc2ccccc2C)C(C)(C)c2ccccc2-3)c2c(c1)-n1c3ccccc3c3cccc(c31)[B]2. The molecule has 1 aliphatic heterocycles. The van der Waals surface area contributed by atoms with Crippen molar-refractivity contribution in [1.29, 1.82) is 0 Å². The third kappa shape index (κ3) is 4.21. The van der Waals surface area contributed by atoms with Crippen molar-refractivity contribution in [3.63, 3.8) is 0 Å². The molecular formula is C46H40BN2. The van der Waals surface area contributed by atoms with Crippen LogP contribution in [-0.2, 0) is 5.41 Å². The van der Waals surface area contributed by atoms with Crippen LogP contribution >= 0.6 is 0 Å². The van der Waals surface area contributed by atoms with Gasteiger partial charge in [-0.05, 0) is 99.9 Å². The topological polar surface area (TPSA) is 17.0 Å². The molecule has 1 radical (unpaired) electrons. The predicted molar refractivity (Wildman–Crippen MR) is 209 cm³/mol. The molecule has 2 unspecified atom stereocenters. The number of nitrogens with zero attached hydrogens (tertiary/aromatic N) is 1. The molecule has 0 saturated heterocycles. The van der Waals surface area contributed by atoms with E-state index in [1.807, 2.05) is 0 Å². The molecule has 10 rings (SSSR count). The Bertz CT molecular complexity index is 2500. The second kappa shape index (κ2) is 10.5. The molecule has 1 aromatic heterocycles. The summed E-state index contributed by atoms with van der Waals surface area (Å²) in [4.78, 5) is 0. The Morgan fingerprint density at radius 1 is 0.735 bits per heavy atom. The highest BCUT2D eigenvalue weighted by Crippen LogP contribution is 2.54. The Morgan fingerprint density at radius 3 is 2.41 bits per heavy atom. The van der Waals surface area contributed by atoms with Crippen LogP contribution in [0.4, 0.5) is 11.4 Å². The van der Waals surface area contributed by atoms with Crippen LogP contribution in [0.5, 0.6) is 0 Å². The second-order valence-corrected chi connectivity index (χ2v) is 15.2. The van der Waals surface area contributed by atoms with Crippen LogP contribution in [0.15, 0.2) is 115 Å². The minimum absolute atomic E-state index is 0.0873. The third-order valence-corrected chi connectivity index (χ3v) is 11.9. The zero-order chi connectivity index (χ0) is 33.0. The summed E-state index contributed by atoms with van der Waals surface area (Å²) in [6.07, 6.45) is 3.83. The fourth-order valence-electron chi connectivity index (χ4n) is 9.28. The lowest BCUT2D eigenvalue weighted by Gasteiger charge is -2.27. The Morgan fingerprint density at radius 2 is 1.53 bits per heavy atom. The predicted octanol–water partition coefficient (Wildman–Crippen LogP) is 10.7. The Hall–Kier alpha value is -5.02.